The van der Waals surface area contributed by atoms with E-state index in [0.29, 0.717) is 21.9 Å². The summed E-state index contributed by atoms with van der Waals surface area (Å²) in [5.41, 5.74) is 0.422. The molecule has 1 aliphatic heterocycles. The number of aromatic nitrogens is 2. The van der Waals surface area contributed by atoms with Crippen molar-refractivity contribution in [2.75, 3.05) is 4.90 Å². The average Bonchev–Trinajstić information content (AvgIpc) is 3.34. The molecule has 1 amide bonds. The summed E-state index contributed by atoms with van der Waals surface area (Å²) in [7, 11) is 0. The number of nitrogens with zero attached hydrogens (tertiary/aromatic N) is 4. The van der Waals surface area contributed by atoms with E-state index >= 15 is 0 Å². The van der Waals surface area contributed by atoms with Crippen LogP contribution in [0.4, 0.5) is 10.8 Å². The van der Waals surface area contributed by atoms with Crippen LogP contribution in [0.5, 0.6) is 5.75 Å². The van der Waals surface area contributed by atoms with Gasteiger partial charge in [-0.25, -0.2) is 0 Å². The van der Waals surface area contributed by atoms with Gasteiger partial charge in [0.15, 0.2) is 0 Å². The number of ether oxygens (including phenoxy) is 1. The van der Waals surface area contributed by atoms with Crippen molar-refractivity contribution in [2.24, 2.45) is 0 Å². The molecule has 174 valence electrons. The van der Waals surface area contributed by atoms with E-state index < -0.39 is 22.7 Å². The molecular weight excluding hydrogens is 460 g/mol. The second-order valence-electron chi connectivity index (χ2n) is 7.81. The highest BCUT2D eigenvalue weighted by molar-refractivity contribution is 7.15. The Kier molecular flexibility index (Phi) is 6.12. The fourth-order valence-electron chi connectivity index (χ4n) is 3.63. The summed E-state index contributed by atoms with van der Waals surface area (Å²) < 4.78 is 5.61. The minimum absolute atomic E-state index is 0.0396. The van der Waals surface area contributed by atoms with Crippen LogP contribution in [0, 0.1) is 17.0 Å². The van der Waals surface area contributed by atoms with Crippen LogP contribution in [-0.2, 0) is 9.59 Å². The lowest BCUT2D eigenvalue weighted by atomic mass is 9.95. The number of carbonyl (C=O) groups excluding carboxylic acids is 2. The van der Waals surface area contributed by atoms with Crippen molar-refractivity contribution < 1.29 is 24.4 Å². The predicted octanol–water partition coefficient (Wildman–Crippen LogP) is 4.17. The van der Waals surface area contributed by atoms with Gasteiger partial charge in [-0.15, -0.1) is 10.2 Å². The number of nitro groups is 1. The number of hydrogen-bond donors (Lipinski definition) is 1. The molecule has 0 radical (unpaired) electrons. The Balaban J connectivity index is 1.85. The zero-order chi connectivity index (χ0) is 24.6. The summed E-state index contributed by atoms with van der Waals surface area (Å²) in [5, 5.41) is 30.9. The lowest BCUT2D eigenvalue weighted by molar-refractivity contribution is -0.384. The number of aliphatic hydroxyl groups excluding tert-OH is 1. The molecule has 11 heteroatoms. The zero-order valence-electron chi connectivity index (χ0n) is 18.5. The first kappa shape index (κ1) is 23.1. The average molecular weight is 481 g/mol. The highest BCUT2D eigenvalue weighted by Gasteiger charge is 2.48. The Morgan fingerprint density at radius 1 is 1.12 bits per heavy atom. The molecule has 34 heavy (non-hydrogen) atoms. The van der Waals surface area contributed by atoms with Gasteiger partial charge in [-0.2, -0.15) is 0 Å². The Morgan fingerprint density at radius 2 is 1.76 bits per heavy atom. The molecule has 3 aromatic rings. The van der Waals surface area contributed by atoms with E-state index in [-0.39, 0.29) is 28.3 Å². The van der Waals surface area contributed by atoms with Crippen molar-refractivity contribution in [1.82, 2.24) is 10.2 Å². The second-order valence-corrected chi connectivity index (χ2v) is 8.97. The van der Waals surface area contributed by atoms with E-state index in [0.717, 1.165) is 16.2 Å². The van der Waals surface area contributed by atoms with Crippen LogP contribution in [0.2, 0.25) is 0 Å². The van der Waals surface area contributed by atoms with Gasteiger partial charge in [0.25, 0.3) is 11.5 Å². The monoisotopic (exact) mass is 480 g/mol. The van der Waals surface area contributed by atoms with Crippen molar-refractivity contribution >= 4 is 39.6 Å². The molecule has 1 saturated heterocycles. The number of aryl methyl sites for hydroxylation is 1. The van der Waals surface area contributed by atoms with Gasteiger partial charge in [0.05, 0.1) is 22.6 Å². The van der Waals surface area contributed by atoms with Gasteiger partial charge in [0.2, 0.25) is 5.13 Å². The Morgan fingerprint density at radius 3 is 2.29 bits per heavy atom. The smallest absolute Gasteiger partial charge is 0.301 e. The van der Waals surface area contributed by atoms with Crippen LogP contribution in [0.25, 0.3) is 5.76 Å². The Labute approximate surface area is 198 Å². The maximum absolute atomic E-state index is 13.1. The molecule has 0 saturated carbocycles. The molecule has 2 aromatic carbocycles. The lowest BCUT2D eigenvalue weighted by Gasteiger charge is -2.22. The Hall–Kier alpha value is -4.12. The quantitative estimate of drug-likeness (QED) is 0.183. The molecule has 1 fully saturated rings. The first-order valence-corrected chi connectivity index (χ1v) is 11.1. The molecule has 1 N–H and O–H groups in total. The summed E-state index contributed by atoms with van der Waals surface area (Å²) in [6, 6.07) is 10.9. The summed E-state index contributed by atoms with van der Waals surface area (Å²) in [5.74, 6) is -1.55. The SMILES string of the molecule is Cc1nnc(N2C(=O)C(=O)/C(=C(/O)c3ccc(OC(C)C)cc3)C2c2ccc([N+](=O)[O-])cc2)s1. The molecule has 0 bridgehead atoms. The number of benzene rings is 2. The summed E-state index contributed by atoms with van der Waals surface area (Å²) >= 11 is 1.12. The zero-order valence-corrected chi connectivity index (χ0v) is 19.3. The number of carbonyl (C=O) groups is 2. The third kappa shape index (κ3) is 4.25. The number of anilines is 1. The number of aliphatic hydroxyl groups is 1. The molecule has 10 nitrogen and oxygen atoms in total. The van der Waals surface area contributed by atoms with Crippen molar-refractivity contribution in [3.63, 3.8) is 0 Å². The second kappa shape index (κ2) is 9.02. The third-order valence-electron chi connectivity index (χ3n) is 5.09. The minimum atomic E-state index is -1.04. The fourth-order valence-corrected chi connectivity index (χ4v) is 4.34. The number of rotatable bonds is 6. The third-order valence-corrected chi connectivity index (χ3v) is 5.92. The van der Waals surface area contributed by atoms with Crippen LogP contribution in [0.3, 0.4) is 0 Å². The van der Waals surface area contributed by atoms with Crippen LogP contribution < -0.4 is 9.64 Å². The molecule has 1 aliphatic rings. The molecular formula is C23H20N4O6S. The Bertz CT molecular complexity index is 1300. The molecule has 0 aliphatic carbocycles. The van der Waals surface area contributed by atoms with Crippen molar-refractivity contribution in [1.29, 1.82) is 0 Å². The topological polar surface area (TPSA) is 136 Å². The molecule has 1 aromatic heterocycles. The molecule has 2 heterocycles. The van der Waals surface area contributed by atoms with Crippen LogP contribution in [0.15, 0.2) is 54.1 Å². The number of ketones is 1. The standard InChI is InChI=1S/C23H20N4O6S/c1-12(2)33-17-10-6-15(7-11-17)20(28)18-19(14-4-8-16(9-5-14)27(31)32)26(22(30)21(18)29)23-25-24-13(3)34-23/h4-12,19,28H,1-3H3/b20-18+. The number of hydrogen-bond acceptors (Lipinski definition) is 9. The molecule has 0 spiro atoms. The normalized spacial score (nSPS) is 17.4. The van der Waals surface area contributed by atoms with Crippen LogP contribution in [0.1, 0.15) is 36.0 Å². The van der Waals surface area contributed by atoms with Gasteiger partial charge in [-0.05, 0) is 62.7 Å². The highest BCUT2D eigenvalue weighted by Crippen LogP contribution is 2.43. The van der Waals surface area contributed by atoms with Crippen molar-refractivity contribution in [3.8, 4) is 5.75 Å². The van der Waals surface area contributed by atoms with Gasteiger partial charge in [0, 0.05) is 17.7 Å². The van der Waals surface area contributed by atoms with E-state index in [1.54, 1.807) is 31.2 Å². The van der Waals surface area contributed by atoms with Gasteiger partial charge < -0.3 is 9.84 Å². The van der Waals surface area contributed by atoms with Crippen LogP contribution >= 0.6 is 11.3 Å². The van der Waals surface area contributed by atoms with E-state index in [1.807, 2.05) is 13.8 Å². The fraction of sp³-hybridized carbons (Fsp3) is 0.217. The predicted molar refractivity (Wildman–Crippen MR) is 125 cm³/mol. The lowest BCUT2D eigenvalue weighted by Crippen LogP contribution is -2.29. The highest BCUT2D eigenvalue weighted by atomic mass is 32.1. The van der Waals surface area contributed by atoms with Crippen molar-refractivity contribution in [2.45, 2.75) is 32.9 Å². The van der Waals surface area contributed by atoms with Crippen LogP contribution in [-0.4, -0.2) is 38.0 Å². The minimum Gasteiger partial charge on any atom is -0.507 e. The summed E-state index contributed by atoms with van der Waals surface area (Å²) in [6.45, 7) is 5.48. The van der Waals surface area contributed by atoms with Crippen molar-refractivity contribution in [3.05, 3.63) is 80.4 Å². The summed E-state index contributed by atoms with van der Waals surface area (Å²) in [4.78, 5) is 37.8. The number of nitro benzene ring substituents is 1. The molecule has 1 unspecified atom stereocenters. The van der Waals surface area contributed by atoms with E-state index in [9.17, 15) is 24.8 Å². The van der Waals surface area contributed by atoms with Gasteiger partial charge in [-0.3, -0.25) is 24.6 Å². The maximum atomic E-state index is 13.1. The number of Topliss-reactive ketones (excluding diaryl/α,β-unsaturated/α-hetero) is 1. The first-order valence-electron chi connectivity index (χ1n) is 10.3. The summed E-state index contributed by atoms with van der Waals surface area (Å²) in [6.07, 6.45) is -0.0396. The maximum Gasteiger partial charge on any atom is 0.301 e. The van der Waals surface area contributed by atoms with Gasteiger partial charge in [0.1, 0.15) is 16.5 Å². The molecule has 1 atom stereocenters. The first-order chi connectivity index (χ1) is 16.2. The van der Waals surface area contributed by atoms with E-state index in [1.165, 1.54) is 24.3 Å². The molecule has 4 rings (SSSR count). The largest absolute Gasteiger partial charge is 0.507 e. The van der Waals surface area contributed by atoms with E-state index in [2.05, 4.69) is 10.2 Å². The van der Waals surface area contributed by atoms with E-state index in [4.69, 9.17) is 4.74 Å². The van der Waals surface area contributed by atoms with Gasteiger partial charge in [-0.1, -0.05) is 11.3 Å². The number of amides is 1. The number of non-ortho nitro benzene ring substituents is 1. The van der Waals surface area contributed by atoms with Gasteiger partial charge >= 0.3 is 5.91 Å².